The molecule has 0 aliphatic heterocycles. The minimum absolute atomic E-state index is 0.335. The molecule has 0 bridgehead atoms. The Morgan fingerprint density at radius 3 is 2.73 bits per heavy atom. The number of para-hydroxylation sites is 1. The molecule has 1 aliphatic rings. The van der Waals surface area contributed by atoms with Gasteiger partial charge in [-0.25, -0.2) is 4.68 Å². The first-order valence-electron chi connectivity index (χ1n) is 5.21. The Balaban J connectivity index is 2.07. The molecule has 0 unspecified atom stereocenters. The topological polar surface area (TPSA) is 43.8 Å². The van der Waals surface area contributed by atoms with Crippen LogP contribution in [0.15, 0.2) is 42.7 Å². The van der Waals surface area contributed by atoms with Crippen LogP contribution in [0.5, 0.6) is 0 Å². The van der Waals surface area contributed by atoms with Gasteiger partial charge in [-0.15, -0.1) is 0 Å². The predicted octanol–water partition coefficient (Wildman–Crippen LogP) is 1.69. The van der Waals surface area contributed by atoms with E-state index in [1.54, 1.807) is 6.20 Å². The van der Waals surface area contributed by atoms with Crippen LogP contribution < -0.4 is 5.73 Å². The Morgan fingerprint density at radius 2 is 2.07 bits per heavy atom. The average molecular weight is 199 g/mol. The highest BCUT2D eigenvalue weighted by molar-refractivity contribution is 5.45. The van der Waals surface area contributed by atoms with Gasteiger partial charge in [0.2, 0.25) is 0 Å². The highest BCUT2D eigenvalue weighted by Gasteiger charge is 2.36. The fourth-order valence-corrected chi connectivity index (χ4v) is 1.99. The summed E-state index contributed by atoms with van der Waals surface area (Å²) in [4.78, 5) is 0. The highest BCUT2D eigenvalue weighted by Crippen LogP contribution is 2.41. The Hall–Kier alpha value is -1.61. The van der Waals surface area contributed by atoms with Crippen molar-refractivity contribution in [1.29, 1.82) is 0 Å². The van der Waals surface area contributed by atoms with Crippen LogP contribution in [0.4, 0.5) is 0 Å². The van der Waals surface area contributed by atoms with Crippen LogP contribution in [0, 0.1) is 0 Å². The monoisotopic (exact) mass is 199 g/mol. The molecule has 2 aromatic rings. The number of nitrogens with two attached hydrogens (primary N) is 1. The first kappa shape index (κ1) is 8.68. The summed E-state index contributed by atoms with van der Waals surface area (Å²) in [6.07, 6.45) is 4.86. The molecule has 76 valence electrons. The van der Waals surface area contributed by atoms with Gasteiger partial charge in [0.25, 0.3) is 0 Å². The Labute approximate surface area is 88.5 Å². The van der Waals surface area contributed by atoms with Crippen LogP contribution in [0.2, 0.25) is 0 Å². The van der Waals surface area contributed by atoms with E-state index >= 15 is 0 Å². The molecule has 3 heteroatoms. The summed E-state index contributed by atoms with van der Waals surface area (Å²) < 4.78 is 1.90. The highest BCUT2D eigenvalue weighted by atomic mass is 15.3. The quantitative estimate of drug-likeness (QED) is 0.799. The molecule has 1 heterocycles. The van der Waals surface area contributed by atoms with Crippen LogP contribution in [-0.4, -0.2) is 15.8 Å². The number of benzene rings is 1. The van der Waals surface area contributed by atoms with E-state index in [0.717, 1.165) is 12.1 Å². The summed E-state index contributed by atoms with van der Waals surface area (Å²) in [6.45, 7) is 0. The number of nitrogens with zero attached hydrogens (tertiary/aromatic N) is 2. The van der Waals surface area contributed by atoms with E-state index in [1.165, 1.54) is 5.56 Å². The van der Waals surface area contributed by atoms with Crippen molar-refractivity contribution in [2.75, 3.05) is 0 Å². The van der Waals surface area contributed by atoms with E-state index in [0.29, 0.717) is 12.0 Å². The molecule has 0 radical (unpaired) electrons. The van der Waals surface area contributed by atoms with Crippen molar-refractivity contribution in [3.05, 3.63) is 48.3 Å². The zero-order chi connectivity index (χ0) is 10.3. The second-order valence-electron chi connectivity index (χ2n) is 4.02. The maximum atomic E-state index is 5.89. The van der Waals surface area contributed by atoms with Crippen molar-refractivity contribution >= 4 is 0 Å². The van der Waals surface area contributed by atoms with Gasteiger partial charge in [-0.05, 0) is 24.1 Å². The molecule has 1 fully saturated rings. The molecule has 0 saturated heterocycles. The zero-order valence-electron chi connectivity index (χ0n) is 8.38. The molecule has 3 rings (SSSR count). The lowest BCUT2D eigenvalue weighted by Crippen LogP contribution is -2.04. The van der Waals surface area contributed by atoms with E-state index < -0.39 is 0 Å². The Kier molecular flexibility index (Phi) is 1.86. The minimum atomic E-state index is 0.335. The summed E-state index contributed by atoms with van der Waals surface area (Å²) in [5.41, 5.74) is 8.36. The SMILES string of the molecule is N[C@@H]1C[C@H]1c1ccccc1-n1cccn1. The van der Waals surface area contributed by atoms with Crippen molar-refractivity contribution in [2.24, 2.45) is 5.73 Å². The third-order valence-electron chi connectivity index (χ3n) is 2.93. The molecule has 1 aromatic heterocycles. The van der Waals surface area contributed by atoms with Gasteiger partial charge < -0.3 is 5.73 Å². The van der Waals surface area contributed by atoms with Gasteiger partial charge in [-0.2, -0.15) is 5.10 Å². The molecular formula is C12H13N3. The fraction of sp³-hybridized carbons (Fsp3) is 0.250. The predicted molar refractivity (Wildman–Crippen MR) is 58.9 cm³/mol. The van der Waals surface area contributed by atoms with Crippen LogP contribution in [0.3, 0.4) is 0 Å². The standard InChI is InChI=1S/C12H13N3/c13-11-8-10(11)9-4-1-2-5-12(9)15-7-3-6-14-15/h1-7,10-11H,8,13H2/t10-,11+/m0/s1. The second kappa shape index (κ2) is 3.21. The van der Waals surface area contributed by atoms with Gasteiger partial charge >= 0.3 is 0 Å². The van der Waals surface area contributed by atoms with Gasteiger partial charge in [0, 0.05) is 24.4 Å². The number of rotatable bonds is 2. The van der Waals surface area contributed by atoms with Gasteiger partial charge in [0.1, 0.15) is 0 Å². The molecule has 0 spiro atoms. The summed E-state index contributed by atoms with van der Waals surface area (Å²) in [6, 6.07) is 10.6. The van der Waals surface area contributed by atoms with Crippen molar-refractivity contribution in [1.82, 2.24) is 9.78 Å². The molecule has 2 N–H and O–H groups in total. The lowest BCUT2D eigenvalue weighted by atomic mass is 10.1. The second-order valence-corrected chi connectivity index (χ2v) is 4.02. The molecule has 1 aliphatic carbocycles. The molecule has 2 atom stereocenters. The third-order valence-corrected chi connectivity index (χ3v) is 2.93. The van der Waals surface area contributed by atoms with E-state index in [2.05, 4.69) is 23.3 Å². The van der Waals surface area contributed by atoms with Crippen LogP contribution >= 0.6 is 0 Å². The smallest absolute Gasteiger partial charge is 0.0680 e. The summed E-state index contributed by atoms with van der Waals surface area (Å²) in [5.74, 6) is 0.519. The van der Waals surface area contributed by atoms with E-state index in [-0.39, 0.29) is 0 Å². The van der Waals surface area contributed by atoms with Gasteiger partial charge in [0.15, 0.2) is 0 Å². The number of hydrogen-bond acceptors (Lipinski definition) is 2. The summed E-state index contributed by atoms with van der Waals surface area (Å²) >= 11 is 0. The maximum Gasteiger partial charge on any atom is 0.0680 e. The molecule has 1 saturated carbocycles. The zero-order valence-corrected chi connectivity index (χ0v) is 8.38. The normalized spacial score (nSPS) is 24.1. The van der Waals surface area contributed by atoms with Crippen LogP contribution in [0.25, 0.3) is 5.69 Å². The van der Waals surface area contributed by atoms with E-state index in [4.69, 9.17) is 5.73 Å². The van der Waals surface area contributed by atoms with Gasteiger partial charge in [-0.1, -0.05) is 18.2 Å². The summed E-state index contributed by atoms with van der Waals surface area (Å²) in [5, 5.41) is 4.26. The largest absolute Gasteiger partial charge is 0.327 e. The minimum Gasteiger partial charge on any atom is -0.327 e. The third kappa shape index (κ3) is 1.45. The number of hydrogen-bond donors (Lipinski definition) is 1. The first-order chi connectivity index (χ1) is 7.36. The fourth-order valence-electron chi connectivity index (χ4n) is 1.99. The first-order valence-corrected chi connectivity index (χ1v) is 5.21. The molecule has 15 heavy (non-hydrogen) atoms. The van der Waals surface area contributed by atoms with Gasteiger partial charge in [0.05, 0.1) is 5.69 Å². The van der Waals surface area contributed by atoms with Crippen LogP contribution in [-0.2, 0) is 0 Å². The molecule has 0 amide bonds. The van der Waals surface area contributed by atoms with E-state index in [9.17, 15) is 0 Å². The maximum absolute atomic E-state index is 5.89. The molecule has 1 aromatic carbocycles. The number of aromatic nitrogens is 2. The van der Waals surface area contributed by atoms with Crippen molar-refractivity contribution in [3.63, 3.8) is 0 Å². The molecule has 3 nitrogen and oxygen atoms in total. The lowest BCUT2D eigenvalue weighted by molar-refractivity contribution is 0.854. The average Bonchev–Trinajstić information content (AvgIpc) is 2.81. The van der Waals surface area contributed by atoms with Crippen LogP contribution in [0.1, 0.15) is 17.9 Å². The lowest BCUT2D eigenvalue weighted by Gasteiger charge is -2.08. The van der Waals surface area contributed by atoms with E-state index in [1.807, 2.05) is 23.0 Å². The Morgan fingerprint density at radius 1 is 1.27 bits per heavy atom. The molecular weight excluding hydrogens is 186 g/mol. The van der Waals surface area contributed by atoms with Gasteiger partial charge in [-0.3, -0.25) is 0 Å². The van der Waals surface area contributed by atoms with Crippen molar-refractivity contribution in [3.8, 4) is 5.69 Å². The van der Waals surface area contributed by atoms with Crippen molar-refractivity contribution in [2.45, 2.75) is 18.4 Å². The summed E-state index contributed by atoms with van der Waals surface area (Å²) in [7, 11) is 0. The Bertz CT molecular complexity index is 461. The van der Waals surface area contributed by atoms with Crippen molar-refractivity contribution < 1.29 is 0 Å².